The van der Waals surface area contributed by atoms with Crippen molar-refractivity contribution in [1.82, 2.24) is 25.5 Å². The van der Waals surface area contributed by atoms with Gasteiger partial charge in [-0.1, -0.05) is 12.8 Å². The Morgan fingerprint density at radius 3 is 2.94 bits per heavy atom. The zero-order valence-corrected chi connectivity index (χ0v) is 11.1. The number of rotatable bonds is 6. The van der Waals surface area contributed by atoms with Crippen molar-refractivity contribution in [2.45, 2.75) is 51.1 Å². The number of halogens is 1. The van der Waals surface area contributed by atoms with E-state index >= 15 is 0 Å². The normalized spacial score (nSPS) is 16.1. The van der Waals surface area contributed by atoms with Crippen molar-refractivity contribution in [3.05, 3.63) is 5.82 Å². The van der Waals surface area contributed by atoms with Crippen molar-refractivity contribution in [2.24, 2.45) is 0 Å². The van der Waals surface area contributed by atoms with E-state index in [4.69, 9.17) is 11.6 Å². The minimum absolute atomic E-state index is 0.00313. The Hall–Kier alpha value is -1.17. The smallest absolute Gasteiger partial charge is 0.220 e. The molecule has 0 spiro atoms. The number of hydrogen-bond acceptors (Lipinski definition) is 4. The van der Waals surface area contributed by atoms with Gasteiger partial charge in [0.05, 0.1) is 12.6 Å². The lowest BCUT2D eigenvalue weighted by molar-refractivity contribution is -0.121. The number of nitrogens with zero attached hydrogens (tertiary/aromatic N) is 4. The Kier molecular flexibility index (Phi) is 4.92. The van der Waals surface area contributed by atoms with Crippen LogP contribution in [-0.4, -0.2) is 32.0 Å². The van der Waals surface area contributed by atoms with Crippen molar-refractivity contribution in [1.29, 1.82) is 0 Å². The number of aromatic nitrogens is 4. The Balaban J connectivity index is 1.85. The fourth-order valence-electron chi connectivity index (χ4n) is 2.25. The summed E-state index contributed by atoms with van der Waals surface area (Å²) in [5, 5.41) is 14.5. The van der Waals surface area contributed by atoms with Gasteiger partial charge in [0.15, 0.2) is 5.82 Å². The van der Waals surface area contributed by atoms with Gasteiger partial charge in [-0.2, -0.15) is 0 Å². The van der Waals surface area contributed by atoms with Gasteiger partial charge in [0.1, 0.15) is 0 Å². The molecule has 1 heterocycles. The number of amides is 1. The number of nitrogens with one attached hydrogen (secondary N) is 1. The summed E-state index contributed by atoms with van der Waals surface area (Å²) in [6, 6.07) is 0.398. The fourth-order valence-corrected chi connectivity index (χ4v) is 2.39. The van der Waals surface area contributed by atoms with Crippen molar-refractivity contribution < 1.29 is 4.79 Å². The average Bonchev–Trinajstić information content (AvgIpc) is 3.03. The van der Waals surface area contributed by atoms with Crippen LogP contribution in [0.4, 0.5) is 0 Å². The van der Waals surface area contributed by atoms with Crippen LogP contribution < -0.4 is 5.32 Å². The van der Waals surface area contributed by atoms with Gasteiger partial charge in [0.2, 0.25) is 5.91 Å². The van der Waals surface area contributed by atoms with Gasteiger partial charge in [0, 0.05) is 12.3 Å². The largest absolute Gasteiger partial charge is 0.349 e. The predicted molar refractivity (Wildman–Crippen MR) is 67.1 cm³/mol. The van der Waals surface area contributed by atoms with Crippen LogP contribution in [-0.2, 0) is 11.3 Å². The highest BCUT2D eigenvalue weighted by Gasteiger charge is 2.21. The molecule has 0 atom stereocenters. The molecule has 1 aromatic heterocycles. The first kappa shape index (κ1) is 13.3. The molecule has 18 heavy (non-hydrogen) atoms. The maximum absolute atomic E-state index is 11.5. The SMILES string of the molecule is O=C(CCCCl)NCc1nnnn1C1CCCC1. The third-order valence-electron chi connectivity index (χ3n) is 3.21. The number of carbonyl (C=O) groups is 1. The van der Waals surface area contributed by atoms with Gasteiger partial charge in [-0.15, -0.1) is 16.7 Å². The zero-order chi connectivity index (χ0) is 12.8. The quantitative estimate of drug-likeness (QED) is 0.795. The van der Waals surface area contributed by atoms with Crippen LogP contribution in [0.1, 0.15) is 50.4 Å². The molecule has 0 saturated heterocycles. The third kappa shape index (κ3) is 3.41. The average molecular weight is 272 g/mol. The molecule has 2 rings (SSSR count). The lowest BCUT2D eigenvalue weighted by atomic mass is 10.2. The van der Waals surface area contributed by atoms with Gasteiger partial charge in [-0.25, -0.2) is 4.68 Å². The maximum atomic E-state index is 11.5. The Morgan fingerprint density at radius 1 is 1.44 bits per heavy atom. The number of hydrogen-bond donors (Lipinski definition) is 1. The molecule has 1 amide bonds. The molecule has 1 aromatic rings. The standard InChI is InChI=1S/C11H18ClN5O/c12-7-3-6-11(18)13-8-10-14-15-16-17(10)9-4-1-2-5-9/h9H,1-8H2,(H,13,18). The van der Waals surface area contributed by atoms with Crippen molar-refractivity contribution >= 4 is 17.5 Å². The van der Waals surface area contributed by atoms with E-state index in [-0.39, 0.29) is 5.91 Å². The molecule has 0 aliphatic heterocycles. The second kappa shape index (κ2) is 6.68. The number of tetrazole rings is 1. The molecule has 1 fully saturated rings. The zero-order valence-electron chi connectivity index (χ0n) is 10.3. The highest BCUT2D eigenvalue weighted by molar-refractivity contribution is 6.17. The Morgan fingerprint density at radius 2 is 2.22 bits per heavy atom. The number of alkyl halides is 1. The van der Waals surface area contributed by atoms with Crippen molar-refractivity contribution in [2.75, 3.05) is 5.88 Å². The van der Waals surface area contributed by atoms with Crippen LogP contribution in [0.5, 0.6) is 0 Å². The third-order valence-corrected chi connectivity index (χ3v) is 3.48. The Labute approximate surface area is 111 Å². The summed E-state index contributed by atoms with van der Waals surface area (Å²) < 4.78 is 1.86. The van der Waals surface area contributed by atoms with Crippen LogP contribution in [0.25, 0.3) is 0 Å². The second-order valence-corrected chi connectivity index (χ2v) is 4.93. The van der Waals surface area contributed by atoms with Crippen LogP contribution in [0.2, 0.25) is 0 Å². The van der Waals surface area contributed by atoms with Crippen LogP contribution in [0.15, 0.2) is 0 Å². The van der Waals surface area contributed by atoms with E-state index < -0.39 is 0 Å². The van der Waals surface area contributed by atoms with E-state index in [1.807, 2.05) is 4.68 Å². The first-order valence-electron chi connectivity index (χ1n) is 6.40. The molecule has 0 unspecified atom stereocenters. The molecule has 0 bridgehead atoms. The molecule has 1 aliphatic rings. The monoisotopic (exact) mass is 271 g/mol. The molecule has 7 heteroatoms. The minimum atomic E-state index is -0.00313. The minimum Gasteiger partial charge on any atom is -0.349 e. The van der Waals surface area contributed by atoms with E-state index in [2.05, 4.69) is 20.8 Å². The topological polar surface area (TPSA) is 72.7 Å². The fraction of sp³-hybridized carbons (Fsp3) is 0.818. The van der Waals surface area contributed by atoms with E-state index in [9.17, 15) is 4.79 Å². The summed E-state index contributed by atoms with van der Waals surface area (Å²) in [6.45, 7) is 0.393. The summed E-state index contributed by atoms with van der Waals surface area (Å²) in [4.78, 5) is 11.5. The lowest BCUT2D eigenvalue weighted by Crippen LogP contribution is -2.25. The summed E-state index contributed by atoms with van der Waals surface area (Å²) in [5.41, 5.74) is 0. The van der Waals surface area contributed by atoms with Crippen LogP contribution in [0.3, 0.4) is 0 Å². The predicted octanol–water partition coefficient (Wildman–Crippen LogP) is 1.42. The molecule has 6 nitrogen and oxygen atoms in total. The molecule has 1 saturated carbocycles. The van der Waals surface area contributed by atoms with Gasteiger partial charge >= 0.3 is 0 Å². The highest BCUT2D eigenvalue weighted by atomic mass is 35.5. The van der Waals surface area contributed by atoms with Crippen LogP contribution in [0, 0.1) is 0 Å². The van der Waals surface area contributed by atoms with Gasteiger partial charge in [-0.05, 0) is 29.7 Å². The molecule has 1 aliphatic carbocycles. The van der Waals surface area contributed by atoms with Gasteiger partial charge < -0.3 is 5.32 Å². The molecule has 1 N–H and O–H groups in total. The first-order chi connectivity index (χ1) is 8.81. The Bertz CT molecular complexity index is 389. The van der Waals surface area contributed by atoms with Gasteiger partial charge in [0.25, 0.3) is 0 Å². The van der Waals surface area contributed by atoms with Crippen molar-refractivity contribution in [3.8, 4) is 0 Å². The first-order valence-corrected chi connectivity index (χ1v) is 6.94. The summed E-state index contributed by atoms with van der Waals surface area (Å²) in [5.74, 6) is 1.24. The molecule has 0 radical (unpaired) electrons. The maximum Gasteiger partial charge on any atom is 0.220 e. The summed E-state index contributed by atoms with van der Waals surface area (Å²) in [7, 11) is 0. The van der Waals surface area contributed by atoms with Gasteiger partial charge in [-0.3, -0.25) is 4.79 Å². The van der Waals surface area contributed by atoms with E-state index in [1.54, 1.807) is 0 Å². The molecule has 0 aromatic carbocycles. The molecule has 100 valence electrons. The van der Waals surface area contributed by atoms with E-state index in [0.29, 0.717) is 31.3 Å². The second-order valence-electron chi connectivity index (χ2n) is 4.55. The summed E-state index contributed by atoms with van der Waals surface area (Å²) in [6.07, 6.45) is 5.85. The van der Waals surface area contributed by atoms with E-state index in [0.717, 1.165) is 18.7 Å². The summed E-state index contributed by atoms with van der Waals surface area (Å²) >= 11 is 5.54. The lowest BCUT2D eigenvalue weighted by Gasteiger charge is -2.11. The molecular formula is C11H18ClN5O. The van der Waals surface area contributed by atoms with E-state index in [1.165, 1.54) is 12.8 Å². The van der Waals surface area contributed by atoms with Crippen LogP contribution >= 0.6 is 11.6 Å². The highest BCUT2D eigenvalue weighted by Crippen LogP contribution is 2.28. The van der Waals surface area contributed by atoms with Crippen molar-refractivity contribution in [3.63, 3.8) is 0 Å². The number of carbonyl (C=O) groups excluding carboxylic acids is 1. The molecular weight excluding hydrogens is 254 g/mol.